The topological polar surface area (TPSA) is 62.0 Å². The number of hydrogen-bond acceptors (Lipinski definition) is 4. The number of phenols is 2. The van der Waals surface area contributed by atoms with Gasteiger partial charge in [-0.25, -0.2) is 0 Å². The van der Waals surface area contributed by atoms with Gasteiger partial charge in [0.2, 0.25) is 0 Å². The van der Waals surface area contributed by atoms with E-state index in [9.17, 15) is 10.2 Å². The van der Waals surface area contributed by atoms with E-state index in [1.807, 2.05) is 0 Å². The summed E-state index contributed by atoms with van der Waals surface area (Å²) in [6, 6.07) is 4.63. The van der Waals surface area contributed by atoms with Crippen LogP contribution in [0.25, 0.3) is 0 Å². The summed E-state index contributed by atoms with van der Waals surface area (Å²) in [5, 5.41) is 22.6. The van der Waals surface area contributed by atoms with Crippen LogP contribution in [0, 0.1) is 5.92 Å². The Hall–Kier alpha value is -1.71. The molecule has 0 fully saturated rings. The Morgan fingerprint density at radius 1 is 1.31 bits per heavy atom. The van der Waals surface area contributed by atoms with E-state index in [1.54, 1.807) is 6.07 Å². The number of hydrogen-bond donors (Lipinski definition) is 2. The van der Waals surface area contributed by atoms with Crippen molar-refractivity contribution in [3.05, 3.63) is 23.8 Å². The fraction of sp³-hybridized carbons (Fsp3) is 0.417. The summed E-state index contributed by atoms with van der Waals surface area (Å²) in [6.07, 6.45) is 0.748. The van der Waals surface area contributed by atoms with Crippen molar-refractivity contribution in [1.82, 2.24) is 0 Å². The summed E-state index contributed by atoms with van der Waals surface area (Å²) >= 11 is 0. The molecule has 0 aliphatic carbocycles. The zero-order valence-electron chi connectivity index (χ0n) is 9.77. The van der Waals surface area contributed by atoms with E-state index in [1.165, 1.54) is 19.2 Å². The minimum Gasteiger partial charge on any atom is -0.504 e. The maximum Gasteiger partial charge on any atom is 0.158 e. The SMILES string of the molecule is CO/N=C(/CC(C)C)c1ccc(O)c(O)c1. The molecule has 0 spiro atoms. The van der Waals surface area contributed by atoms with Crippen LogP contribution in [-0.2, 0) is 4.84 Å². The minimum atomic E-state index is -0.148. The second-order valence-corrected chi connectivity index (χ2v) is 4.02. The first-order valence-corrected chi connectivity index (χ1v) is 5.17. The van der Waals surface area contributed by atoms with Crippen LogP contribution in [0.15, 0.2) is 23.4 Å². The first kappa shape index (κ1) is 12.4. The molecule has 16 heavy (non-hydrogen) atoms. The second-order valence-electron chi connectivity index (χ2n) is 4.02. The van der Waals surface area contributed by atoms with Crippen molar-refractivity contribution in [3.8, 4) is 11.5 Å². The maximum atomic E-state index is 9.41. The molecule has 0 aliphatic heterocycles. The van der Waals surface area contributed by atoms with Gasteiger partial charge >= 0.3 is 0 Å². The van der Waals surface area contributed by atoms with E-state index in [0.29, 0.717) is 5.92 Å². The summed E-state index contributed by atoms with van der Waals surface area (Å²) in [7, 11) is 1.49. The van der Waals surface area contributed by atoms with Gasteiger partial charge in [0.05, 0.1) is 5.71 Å². The monoisotopic (exact) mass is 223 g/mol. The lowest BCUT2D eigenvalue weighted by atomic mass is 10.00. The summed E-state index contributed by atoms with van der Waals surface area (Å²) in [6.45, 7) is 4.15. The zero-order valence-corrected chi connectivity index (χ0v) is 9.77. The molecule has 0 amide bonds. The molecule has 0 bridgehead atoms. The smallest absolute Gasteiger partial charge is 0.158 e. The fourth-order valence-corrected chi connectivity index (χ4v) is 1.41. The highest BCUT2D eigenvalue weighted by Crippen LogP contribution is 2.26. The van der Waals surface area contributed by atoms with Gasteiger partial charge in [0.1, 0.15) is 7.11 Å². The van der Waals surface area contributed by atoms with Crippen LogP contribution in [0.1, 0.15) is 25.8 Å². The molecule has 0 aliphatic rings. The van der Waals surface area contributed by atoms with Crippen LogP contribution in [-0.4, -0.2) is 23.0 Å². The van der Waals surface area contributed by atoms with E-state index in [0.717, 1.165) is 17.7 Å². The van der Waals surface area contributed by atoms with Gasteiger partial charge in [-0.05, 0) is 30.5 Å². The molecular weight excluding hydrogens is 206 g/mol. The van der Waals surface area contributed by atoms with E-state index >= 15 is 0 Å². The quantitative estimate of drug-likeness (QED) is 0.468. The number of rotatable bonds is 4. The van der Waals surface area contributed by atoms with Crippen LogP contribution in [0.4, 0.5) is 0 Å². The maximum absolute atomic E-state index is 9.41. The van der Waals surface area contributed by atoms with Gasteiger partial charge in [-0.1, -0.05) is 19.0 Å². The Morgan fingerprint density at radius 2 is 2.00 bits per heavy atom. The minimum absolute atomic E-state index is 0.134. The summed E-state index contributed by atoms with van der Waals surface area (Å²) in [5.74, 6) is 0.153. The standard InChI is InChI=1S/C12H17NO3/c1-8(2)6-10(13-16-3)9-4-5-11(14)12(15)7-9/h4-5,7-8,14-15H,6H2,1-3H3/b13-10-. The molecule has 0 unspecified atom stereocenters. The molecule has 1 rings (SSSR count). The lowest BCUT2D eigenvalue weighted by molar-refractivity contribution is 0.212. The molecule has 88 valence electrons. The number of benzene rings is 1. The fourth-order valence-electron chi connectivity index (χ4n) is 1.41. The highest BCUT2D eigenvalue weighted by atomic mass is 16.6. The molecule has 2 N–H and O–H groups in total. The van der Waals surface area contributed by atoms with E-state index in [2.05, 4.69) is 19.0 Å². The molecular formula is C12H17NO3. The van der Waals surface area contributed by atoms with Gasteiger partial charge in [-0.3, -0.25) is 0 Å². The average molecular weight is 223 g/mol. The lowest BCUT2D eigenvalue weighted by Gasteiger charge is -2.09. The number of nitrogens with zero attached hydrogens (tertiary/aromatic N) is 1. The predicted octanol–water partition coefficient (Wildman–Crippen LogP) is 2.49. The molecule has 0 saturated heterocycles. The number of phenolic OH excluding ortho intramolecular Hbond substituents is 2. The van der Waals surface area contributed by atoms with Crippen LogP contribution < -0.4 is 0 Å². The van der Waals surface area contributed by atoms with Crippen LogP contribution >= 0.6 is 0 Å². The van der Waals surface area contributed by atoms with Crippen molar-refractivity contribution < 1.29 is 15.1 Å². The average Bonchev–Trinajstić information content (AvgIpc) is 2.21. The summed E-state index contributed by atoms with van der Waals surface area (Å²) in [5.41, 5.74) is 1.51. The highest BCUT2D eigenvalue weighted by Gasteiger charge is 2.09. The van der Waals surface area contributed by atoms with Crippen molar-refractivity contribution in [2.75, 3.05) is 7.11 Å². The van der Waals surface area contributed by atoms with Gasteiger partial charge in [-0.2, -0.15) is 0 Å². The Balaban J connectivity index is 3.02. The largest absolute Gasteiger partial charge is 0.504 e. The molecule has 0 atom stereocenters. The molecule has 1 aromatic rings. The Labute approximate surface area is 95.2 Å². The predicted molar refractivity (Wildman–Crippen MR) is 62.8 cm³/mol. The van der Waals surface area contributed by atoms with Crippen molar-refractivity contribution in [2.24, 2.45) is 11.1 Å². The van der Waals surface area contributed by atoms with Gasteiger partial charge in [0, 0.05) is 5.56 Å². The zero-order chi connectivity index (χ0) is 12.1. The van der Waals surface area contributed by atoms with Crippen LogP contribution in [0.5, 0.6) is 11.5 Å². The molecule has 0 heterocycles. The normalized spacial score (nSPS) is 11.9. The Morgan fingerprint density at radius 3 is 2.50 bits per heavy atom. The Bertz CT molecular complexity index is 386. The summed E-state index contributed by atoms with van der Waals surface area (Å²) < 4.78 is 0. The van der Waals surface area contributed by atoms with Gasteiger partial charge in [-0.15, -0.1) is 0 Å². The van der Waals surface area contributed by atoms with Crippen molar-refractivity contribution in [2.45, 2.75) is 20.3 Å². The van der Waals surface area contributed by atoms with Crippen molar-refractivity contribution in [3.63, 3.8) is 0 Å². The highest BCUT2D eigenvalue weighted by molar-refractivity contribution is 6.00. The lowest BCUT2D eigenvalue weighted by Crippen LogP contribution is -2.05. The van der Waals surface area contributed by atoms with Gasteiger partial charge < -0.3 is 15.1 Å². The van der Waals surface area contributed by atoms with Gasteiger partial charge in [0.25, 0.3) is 0 Å². The first-order chi connectivity index (χ1) is 7.54. The summed E-state index contributed by atoms with van der Waals surface area (Å²) in [4.78, 5) is 4.77. The molecule has 4 nitrogen and oxygen atoms in total. The number of oxime groups is 1. The van der Waals surface area contributed by atoms with Gasteiger partial charge in [0.15, 0.2) is 11.5 Å². The molecule has 0 saturated carbocycles. The third kappa shape index (κ3) is 3.15. The van der Waals surface area contributed by atoms with Crippen LogP contribution in [0.2, 0.25) is 0 Å². The third-order valence-corrected chi connectivity index (χ3v) is 2.11. The van der Waals surface area contributed by atoms with Crippen molar-refractivity contribution >= 4 is 5.71 Å². The third-order valence-electron chi connectivity index (χ3n) is 2.11. The van der Waals surface area contributed by atoms with Crippen LogP contribution in [0.3, 0.4) is 0 Å². The van der Waals surface area contributed by atoms with E-state index < -0.39 is 0 Å². The Kier molecular flexibility index (Phi) is 4.17. The molecule has 1 aromatic carbocycles. The first-order valence-electron chi connectivity index (χ1n) is 5.17. The van der Waals surface area contributed by atoms with E-state index in [4.69, 9.17) is 4.84 Å². The second kappa shape index (κ2) is 5.39. The number of aromatic hydroxyl groups is 2. The molecule has 0 aromatic heterocycles. The molecule has 4 heteroatoms. The molecule has 0 radical (unpaired) electrons. The van der Waals surface area contributed by atoms with Crippen molar-refractivity contribution in [1.29, 1.82) is 0 Å². The van der Waals surface area contributed by atoms with E-state index in [-0.39, 0.29) is 11.5 Å².